The number of nitrogen functional groups attached to an aromatic ring is 1. The first-order chi connectivity index (χ1) is 16.9. The molecular formula is C25H24F2N6O2S. The fourth-order valence-corrected chi connectivity index (χ4v) is 4.60. The fourth-order valence-electron chi connectivity index (χ4n) is 3.98. The van der Waals surface area contributed by atoms with Gasteiger partial charge in [0, 0.05) is 46.0 Å². The van der Waals surface area contributed by atoms with Gasteiger partial charge in [0.15, 0.2) is 0 Å². The Hall–Kier alpha value is -4.12. The molecule has 2 aromatic carbocycles. The lowest BCUT2D eigenvalue weighted by Gasteiger charge is -2.11. The number of anilines is 1. The van der Waals surface area contributed by atoms with E-state index in [1.807, 2.05) is 0 Å². The van der Waals surface area contributed by atoms with Crippen LogP contribution in [0.4, 0.5) is 20.3 Å². The van der Waals surface area contributed by atoms with Crippen LogP contribution in [-0.4, -0.2) is 37.2 Å². The Bertz CT molecular complexity index is 1690. The number of nitrogens with two attached hydrogens (primary N) is 2. The Balaban J connectivity index is 2.00. The normalized spacial score (nSPS) is 12.2. The molecule has 0 unspecified atom stereocenters. The van der Waals surface area contributed by atoms with Crippen molar-refractivity contribution in [2.75, 3.05) is 18.2 Å². The number of aryl methyl sites for hydroxylation is 1. The smallest absolute Gasteiger partial charge is 0.244 e. The van der Waals surface area contributed by atoms with Gasteiger partial charge in [0.2, 0.25) is 5.91 Å². The zero-order valence-electron chi connectivity index (χ0n) is 20.0. The van der Waals surface area contributed by atoms with Crippen molar-refractivity contribution in [2.24, 2.45) is 17.1 Å². The SMILES string of the molecule is CC(=Cc1ccc(-c2c(-c3ccc(N=S(C)(C)=O)c(F)c3)c3c(N)ncnc3n2C)c(F)c1)C(N)=O. The first-order valence-electron chi connectivity index (χ1n) is 10.7. The zero-order valence-corrected chi connectivity index (χ0v) is 20.9. The van der Waals surface area contributed by atoms with Gasteiger partial charge in [0.05, 0.1) is 11.1 Å². The van der Waals surface area contributed by atoms with Gasteiger partial charge in [-0.25, -0.2) is 23.0 Å². The van der Waals surface area contributed by atoms with Crippen LogP contribution < -0.4 is 11.5 Å². The maximum atomic E-state index is 15.5. The third-order valence-electron chi connectivity index (χ3n) is 5.57. The van der Waals surface area contributed by atoms with Crippen LogP contribution in [0.5, 0.6) is 0 Å². The first kappa shape index (κ1) is 25.0. The van der Waals surface area contributed by atoms with Crippen LogP contribution >= 0.6 is 0 Å². The molecule has 0 spiro atoms. The van der Waals surface area contributed by atoms with Crippen LogP contribution in [0.1, 0.15) is 12.5 Å². The molecule has 0 saturated carbocycles. The highest BCUT2D eigenvalue weighted by atomic mass is 32.2. The van der Waals surface area contributed by atoms with Gasteiger partial charge in [-0.05, 0) is 48.4 Å². The van der Waals surface area contributed by atoms with E-state index >= 15 is 8.78 Å². The fraction of sp³-hybridized carbons (Fsp3) is 0.160. The number of halogens is 2. The van der Waals surface area contributed by atoms with Crippen molar-refractivity contribution in [2.45, 2.75) is 6.92 Å². The molecule has 2 aromatic heterocycles. The summed E-state index contributed by atoms with van der Waals surface area (Å²) >= 11 is 0. The van der Waals surface area contributed by atoms with Crippen molar-refractivity contribution in [1.82, 2.24) is 14.5 Å². The van der Waals surface area contributed by atoms with Gasteiger partial charge in [0.25, 0.3) is 0 Å². The van der Waals surface area contributed by atoms with Crippen LogP contribution in [0.3, 0.4) is 0 Å². The van der Waals surface area contributed by atoms with E-state index in [-0.39, 0.29) is 22.6 Å². The van der Waals surface area contributed by atoms with Crippen molar-refractivity contribution in [3.8, 4) is 22.4 Å². The number of hydrogen-bond donors (Lipinski definition) is 2. The predicted molar refractivity (Wildman–Crippen MR) is 139 cm³/mol. The summed E-state index contributed by atoms with van der Waals surface area (Å²) in [4.78, 5) is 19.7. The number of carbonyl (C=O) groups excluding carboxylic acids is 1. The van der Waals surface area contributed by atoms with E-state index in [1.165, 1.54) is 50.0 Å². The summed E-state index contributed by atoms with van der Waals surface area (Å²) in [6.45, 7) is 1.54. The minimum absolute atomic E-state index is 0.0492. The molecular weight excluding hydrogens is 486 g/mol. The quantitative estimate of drug-likeness (QED) is 0.384. The van der Waals surface area contributed by atoms with Gasteiger partial charge < -0.3 is 16.0 Å². The second-order valence-electron chi connectivity index (χ2n) is 8.61. The molecule has 11 heteroatoms. The van der Waals surface area contributed by atoms with Crippen molar-refractivity contribution in [3.05, 3.63) is 65.5 Å². The van der Waals surface area contributed by atoms with Gasteiger partial charge in [-0.3, -0.25) is 4.79 Å². The Morgan fingerprint density at radius 3 is 2.44 bits per heavy atom. The minimum atomic E-state index is -2.58. The molecule has 4 rings (SSSR count). The predicted octanol–water partition coefficient (Wildman–Crippen LogP) is 4.41. The summed E-state index contributed by atoms with van der Waals surface area (Å²) < 4.78 is 48.2. The van der Waals surface area contributed by atoms with E-state index in [4.69, 9.17) is 11.5 Å². The first-order valence-corrected chi connectivity index (χ1v) is 13.0. The summed E-state index contributed by atoms with van der Waals surface area (Å²) in [7, 11) is -0.886. The summed E-state index contributed by atoms with van der Waals surface area (Å²) in [5.74, 6) is -1.73. The van der Waals surface area contributed by atoms with Crippen LogP contribution in [0.15, 0.2) is 52.7 Å². The molecule has 0 aliphatic heterocycles. The third-order valence-corrected chi connectivity index (χ3v) is 6.21. The Morgan fingerprint density at radius 1 is 1.11 bits per heavy atom. The lowest BCUT2D eigenvalue weighted by atomic mass is 9.97. The molecule has 36 heavy (non-hydrogen) atoms. The van der Waals surface area contributed by atoms with E-state index < -0.39 is 27.3 Å². The van der Waals surface area contributed by atoms with Gasteiger partial charge >= 0.3 is 0 Å². The summed E-state index contributed by atoms with van der Waals surface area (Å²) in [6.07, 6.45) is 5.60. The van der Waals surface area contributed by atoms with Gasteiger partial charge in [0.1, 0.15) is 35.1 Å². The number of aromatic nitrogens is 3. The molecule has 4 N–H and O–H groups in total. The van der Waals surface area contributed by atoms with Crippen molar-refractivity contribution in [3.63, 3.8) is 0 Å². The maximum Gasteiger partial charge on any atom is 0.244 e. The lowest BCUT2D eigenvalue weighted by Crippen LogP contribution is -2.11. The molecule has 0 fully saturated rings. The van der Waals surface area contributed by atoms with Crippen molar-refractivity contribution >= 4 is 44.3 Å². The zero-order chi connectivity index (χ0) is 26.4. The number of primary amides is 1. The molecule has 2 heterocycles. The number of fused-ring (bicyclic) bond motifs is 1. The Labute approximate surface area is 206 Å². The molecule has 0 bridgehead atoms. The minimum Gasteiger partial charge on any atom is -0.383 e. The Morgan fingerprint density at radius 2 is 1.83 bits per heavy atom. The molecule has 4 aromatic rings. The maximum absolute atomic E-state index is 15.5. The average molecular weight is 511 g/mol. The van der Waals surface area contributed by atoms with Crippen LogP contribution in [0.25, 0.3) is 39.5 Å². The number of rotatable bonds is 5. The number of amides is 1. The second kappa shape index (κ2) is 9.15. The van der Waals surface area contributed by atoms with Crippen molar-refractivity contribution in [1.29, 1.82) is 0 Å². The molecule has 0 saturated heterocycles. The van der Waals surface area contributed by atoms with Crippen LogP contribution in [0, 0.1) is 11.6 Å². The van der Waals surface area contributed by atoms with Crippen LogP contribution in [-0.2, 0) is 21.6 Å². The average Bonchev–Trinajstić information content (AvgIpc) is 3.08. The highest BCUT2D eigenvalue weighted by Gasteiger charge is 2.24. The van der Waals surface area contributed by atoms with E-state index in [9.17, 15) is 9.00 Å². The third kappa shape index (κ3) is 4.69. The standard InChI is InChI=1S/C25H24F2N6O2S/c1-13(24(29)34)9-14-5-7-16(17(26)10-14)22-20(21-23(28)30-12-31-25(21)33(22)2)15-6-8-19(18(27)11-15)32-36(3,4)35/h5-12H,1-4H3,(H2,29,34)(H2,28,30,31). The van der Waals surface area contributed by atoms with E-state index in [1.54, 1.807) is 29.8 Å². The molecule has 1 amide bonds. The molecule has 0 aliphatic rings. The largest absolute Gasteiger partial charge is 0.383 e. The molecule has 186 valence electrons. The topological polar surface area (TPSA) is 129 Å². The molecule has 0 radical (unpaired) electrons. The van der Waals surface area contributed by atoms with Gasteiger partial charge in [-0.2, -0.15) is 4.36 Å². The van der Waals surface area contributed by atoms with Crippen molar-refractivity contribution < 1.29 is 17.8 Å². The lowest BCUT2D eigenvalue weighted by molar-refractivity contribution is -0.114. The van der Waals surface area contributed by atoms with E-state index in [0.717, 1.165) is 0 Å². The molecule has 0 aliphatic carbocycles. The van der Waals surface area contributed by atoms with Crippen LogP contribution in [0.2, 0.25) is 0 Å². The second-order valence-corrected chi connectivity index (χ2v) is 11.2. The monoisotopic (exact) mass is 510 g/mol. The van der Waals surface area contributed by atoms with Gasteiger partial charge in [-0.15, -0.1) is 0 Å². The number of benzene rings is 2. The number of hydrogen-bond acceptors (Lipinski definition) is 6. The van der Waals surface area contributed by atoms with E-state index in [0.29, 0.717) is 33.4 Å². The Kier molecular flexibility index (Phi) is 6.35. The summed E-state index contributed by atoms with van der Waals surface area (Å²) in [5, 5.41) is 0.432. The number of carbonyl (C=O) groups is 1. The summed E-state index contributed by atoms with van der Waals surface area (Å²) in [5.41, 5.74) is 14.0. The molecule has 0 atom stereocenters. The van der Waals surface area contributed by atoms with E-state index in [2.05, 4.69) is 14.3 Å². The highest BCUT2D eigenvalue weighted by molar-refractivity contribution is 7.92. The summed E-state index contributed by atoms with van der Waals surface area (Å²) in [6, 6.07) is 8.73. The highest BCUT2D eigenvalue weighted by Crippen LogP contribution is 2.43. The van der Waals surface area contributed by atoms with Gasteiger partial charge in [-0.1, -0.05) is 12.1 Å². The number of nitrogens with zero attached hydrogens (tertiary/aromatic N) is 4. The molecule has 8 nitrogen and oxygen atoms in total.